The van der Waals surface area contributed by atoms with Crippen LogP contribution in [-0.4, -0.2) is 17.5 Å². The SMILES string of the molecule is N#CCCN(Cc1ccco1)C(=O)Nc1ccc(C#N)cc1. The second kappa shape index (κ2) is 7.51. The van der Waals surface area contributed by atoms with Crippen molar-refractivity contribution in [1.82, 2.24) is 4.90 Å². The maximum absolute atomic E-state index is 12.3. The predicted molar refractivity (Wildman–Crippen MR) is 79.5 cm³/mol. The summed E-state index contributed by atoms with van der Waals surface area (Å²) in [5.41, 5.74) is 1.11. The van der Waals surface area contributed by atoms with Crippen molar-refractivity contribution < 1.29 is 9.21 Å². The van der Waals surface area contributed by atoms with Gasteiger partial charge in [-0.25, -0.2) is 4.79 Å². The number of carbonyl (C=O) groups excluding carboxylic acids is 1. The molecule has 0 aliphatic heterocycles. The summed E-state index contributed by atoms with van der Waals surface area (Å²) in [5.74, 6) is 0.646. The zero-order valence-electron chi connectivity index (χ0n) is 11.8. The van der Waals surface area contributed by atoms with E-state index in [0.29, 0.717) is 23.6 Å². The van der Waals surface area contributed by atoms with Crippen LogP contribution in [0.2, 0.25) is 0 Å². The van der Waals surface area contributed by atoms with Crippen molar-refractivity contribution in [2.24, 2.45) is 0 Å². The first kappa shape index (κ1) is 15.1. The summed E-state index contributed by atoms with van der Waals surface area (Å²) in [6, 6.07) is 13.8. The van der Waals surface area contributed by atoms with Crippen molar-refractivity contribution in [2.75, 3.05) is 11.9 Å². The minimum absolute atomic E-state index is 0.238. The quantitative estimate of drug-likeness (QED) is 0.916. The lowest BCUT2D eigenvalue weighted by Gasteiger charge is -2.21. The van der Waals surface area contributed by atoms with E-state index in [1.54, 1.807) is 36.4 Å². The molecule has 2 rings (SSSR count). The van der Waals surface area contributed by atoms with Crippen LogP contribution in [-0.2, 0) is 6.54 Å². The number of hydrogen-bond acceptors (Lipinski definition) is 4. The van der Waals surface area contributed by atoms with Gasteiger partial charge in [0.15, 0.2) is 0 Å². The summed E-state index contributed by atoms with van der Waals surface area (Å²) in [7, 11) is 0. The molecule has 0 saturated carbocycles. The van der Waals surface area contributed by atoms with Gasteiger partial charge in [0, 0.05) is 12.2 Å². The molecule has 1 aromatic carbocycles. The molecule has 0 unspecified atom stereocenters. The number of amides is 2. The standard InChI is InChI=1S/C16H14N4O2/c17-8-2-9-20(12-15-3-1-10-22-15)16(21)19-14-6-4-13(11-18)5-7-14/h1,3-7,10H,2,9,12H2,(H,19,21). The van der Waals surface area contributed by atoms with Gasteiger partial charge in [0.1, 0.15) is 5.76 Å². The molecule has 0 bridgehead atoms. The van der Waals surface area contributed by atoms with Gasteiger partial charge in [-0.15, -0.1) is 0 Å². The van der Waals surface area contributed by atoms with Crippen LogP contribution in [0.3, 0.4) is 0 Å². The Morgan fingerprint density at radius 1 is 1.23 bits per heavy atom. The molecule has 1 heterocycles. The summed E-state index contributed by atoms with van der Waals surface area (Å²) in [6.07, 6.45) is 1.78. The van der Waals surface area contributed by atoms with Crippen LogP contribution in [0.15, 0.2) is 47.1 Å². The monoisotopic (exact) mass is 294 g/mol. The van der Waals surface area contributed by atoms with E-state index in [1.807, 2.05) is 12.1 Å². The fraction of sp³-hybridized carbons (Fsp3) is 0.188. The van der Waals surface area contributed by atoms with Gasteiger partial charge in [-0.3, -0.25) is 0 Å². The topological polar surface area (TPSA) is 93.1 Å². The molecule has 0 saturated heterocycles. The first-order valence-electron chi connectivity index (χ1n) is 6.68. The highest BCUT2D eigenvalue weighted by molar-refractivity contribution is 5.89. The van der Waals surface area contributed by atoms with Gasteiger partial charge in [0.25, 0.3) is 0 Å². The highest BCUT2D eigenvalue weighted by atomic mass is 16.3. The van der Waals surface area contributed by atoms with Crippen LogP contribution < -0.4 is 5.32 Å². The van der Waals surface area contributed by atoms with E-state index >= 15 is 0 Å². The van der Waals surface area contributed by atoms with Crippen molar-refractivity contribution in [3.63, 3.8) is 0 Å². The fourth-order valence-electron chi connectivity index (χ4n) is 1.86. The molecule has 1 aromatic heterocycles. The number of benzene rings is 1. The lowest BCUT2D eigenvalue weighted by atomic mass is 10.2. The molecule has 110 valence electrons. The van der Waals surface area contributed by atoms with E-state index in [2.05, 4.69) is 5.32 Å². The first-order chi connectivity index (χ1) is 10.7. The van der Waals surface area contributed by atoms with E-state index in [9.17, 15) is 4.79 Å². The molecule has 1 N–H and O–H groups in total. The molecular formula is C16H14N4O2. The largest absolute Gasteiger partial charge is 0.467 e. The van der Waals surface area contributed by atoms with Crippen LogP contribution in [0, 0.1) is 22.7 Å². The minimum atomic E-state index is -0.323. The average molecular weight is 294 g/mol. The zero-order valence-corrected chi connectivity index (χ0v) is 11.8. The Morgan fingerprint density at radius 3 is 2.59 bits per heavy atom. The summed E-state index contributed by atoms with van der Waals surface area (Å²) in [5, 5.41) is 20.2. The smallest absolute Gasteiger partial charge is 0.322 e. The third-order valence-corrected chi connectivity index (χ3v) is 2.97. The molecule has 0 fully saturated rings. The first-order valence-corrected chi connectivity index (χ1v) is 6.68. The fourth-order valence-corrected chi connectivity index (χ4v) is 1.86. The second-order valence-electron chi connectivity index (χ2n) is 4.53. The number of nitriles is 2. The third kappa shape index (κ3) is 4.12. The van der Waals surface area contributed by atoms with Crippen molar-refractivity contribution in [1.29, 1.82) is 10.5 Å². The summed E-state index contributed by atoms with van der Waals surface area (Å²) >= 11 is 0. The molecule has 2 aromatic rings. The Labute approximate surface area is 128 Å². The maximum atomic E-state index is 12.3. The Hall–Kier alpha value is -3.25. The summed E-state index contributed by atoms with van der Waals surface area (Å²) in [6.45, 7) is 0.593. The number of hydrogen-bond donors (Lipinski definition) is 1. The van der Waals surface area contributed by atoms with Gasteiger partial charge in [0.05, 0.1) is 36.9 Å². The van der Waals surface area contributed by atoms with E-state index in [-0.39, 0.29) is 19.0 Å². The van der Waals surface area contributed by atoms with Gasteiger partial charge in [-0.1, -0.05) is 0 Å². The molecule has 0 spiro atoms. The highest BCUT2D eigenvalue weighted by Gasteiger charge is 2.15. The summed E-state index contributed by atoms with van der Waals surface area (Å²) in [4.78, 5) is 13.8. The van der Waals surface area contributed by atoms with Crippen molar-refractivity contribution in [3.05, 3.63) is 54.0 Å². The van der Waals surface area contributed by atoms with Crippen molar-refractivity contribution in [3.8, 4) is 12.1 Å². The molecular weight excluding hydrogens is 280 g/mol. The van der Waals surface area contributed by atoms with Crippen LogP contribution in [0.5, 0.6) is 0 Å². The Morgan fingerprint density at radius 2 is 2.00 bits per heavy atom. The van der Waals surface area contributed by atoms with Crippen LogP contribution >= 0.6 is 0 Å². The Balaban J connectivity index is 2.04. The van der Waals surface area contributed by atoms with Crippen molar-refractivity contribution >= 4 is 11.7 Å². The van der Waals surface area contributed by atoms with Gasteiger partial charge < -0.3 is 14.6 Å². The van der Waals surface area contributed by atoms with Gasteiger partial charge in [0.2, 0.25) is 0 Å². The van der Waals surface area contributed by atoms with E-state index < -0.39 is 0 Å². The van der Waals surface area contributed by atoms with Gasteiger partial charge in [-0.05, 0) is 36.4 Å². The molecule has 0 atom stereocenters. The van der Waals surface area contributed by atoms with Crippen molar-refractivity contribution in [2.45, 2.75) is 13.0 Å². The van der Waals surface area contributed by atoms with E-state index in [4.69, 9.17) is 14.9 Å². The van der Waals surface area contributed by atoms with Gasteiger partial charge >= 0.3 is 6.03 Å². The normalized spacial score (nSPS) is 9.55. The van der Waals surface area contributed by atoms with E-state index in [0.717, 1.165) is 0 Å². The molecule has 0 aliphatic rings. The van der Waals surface area contributed by atoms with Crippen LogP contribution in [0.1, 0.15) is 17.7 Å². The minimum Gasteiger partial charge on any atom is -0.467 e. The predicted octanol–water partition coefficient (Wildman–Crippen LogP) is 3.10. The number of carbonyl (C=O) groups is 1. The number of nitrogens with zero attached hydrogens (tertiary/aromatic N) is 3. The van der Waals surface area contributed by atoms with Gasteiger partial charge in [-0.2, -0.15) is 10.5 Å². The molecule has 22 heavy (non-hydrogen) atoms. The molecule has 6 nitrogen and oxygen atoms in total. The van der Waals surface area contributed by atoms with E-state index in [1.165, 1.54) is 11.2 Å². The number of anilines is 1. The third-order valence-electron chi connectivity index (χ3n) is 2.97. The van der Waals surface area contributed by atoms with Crippen LogP contribution in [0.4, 0.5) is 10.5 Å². The maximum Gasteiger partial charge on any atom is 0.322 e. The Kier molecular flexibility index (Phi) is 5.17. The zero-order chi connectivity index (χ0) is 15.8. The lowest BCUT2D eigenvalue weighted by Crippen LogP contribution is -2.35. The number of furan rings is 1. The number of urea groups is 1. The lowest BCUT2D eigenvalue weighted by molar-refractivity contribution is 0.205. The molecule has 6 heteroatoms. The molecule has 2 amide bonds. The molecule has 0 radical (unpaired) electrons. The second-order valence-corrected chi connectivity index (χ2v) is 4.53. The molecule has 0 aliphatic carbocycles. The highest BCUT2D eigenvalue weighted by Crippen LogP contribution is 2.12. The van der Waals surface area contributed by atoms with Crippen LogP contribution in [0.25, 0.3) is 0 Å². The average Bonchev–Trinajstić information content (AvgIpc) is 3.05. The number of nitrogens with one attached hydrogen (secondary N) is 1. The number of rotatable bonds is 5. The summed E-state index contributed by atoms with van der Waals surface area (Å²) < 4.78 is 5.23. The Bertz CT molecular complexity index is 693.